The highest BCUT2D eigenvalue weighted by atomic mass is 32.2. The van der Waals surface area contributed by atoms with Crippen molar-refractivity contribution >= 4 is 21.5 Å². The Hall–Kier alpha value is -2.05. The smallest absolute Gasteiger partial charge is 0.294 e. The van der Waals surface area contributed by atoms with Gasteiger partial charge in [0.05, 0.1) is 22.4 Å². The van der Waals surface area contributed by atoms with Crippen molar-refractivity contribution in [2.45, 2.75) is 102 Å². The molecule has 6 heteroatoms. The third-order valence-corrected chi connectivity index (χ3v) is 7.40. The zero-order chi connectivity index (χ0) is 23.5. The monoisotopic (exact) mass is 472 g/mol. The molecule has 2 aromatic carbocycles. The Morgan fingerprint density at radius 2 is 1.45 bits per heavy atom. The highest BCUT2D eigenvalue weighted by Crippen LogP contribution is 2.38. The normalized spacial score (nSPS) is 15.5. The van der Waals surface area contributed by atoms with Crippen molar-refractivity contribution in [1.29, 1.82) is 0 Å². The Labute approximate surface area is 200 Å². The molecule has 1 atom stereocenters. The average Bonchev–Trinajstić information content (AvgIpc) is 3.14. The van der Waals surface area contributed by atoms with Crippen LogP contribution in [0, 0.1) is 0 Å². The Kier molecular flexibility index (Phi) is 10.1. The molecule has 0 bridgehead atoms. The second-order valence-electron chi connectivity index (χ2n) is 9.25. The molecule has 1 aliphatic rings. The van der Waals surface area contributed by atoms with Gasteiger partial charge in [0.15, 0.2) is 0 Å². The molecule has 0 radical (unpaired) electrons. The summed E-state index contributed by atoms with van der Waals surface area (Å²) < 4.78 is 32.6. The molecule has 33 heavy (non-hydrogen) atoms. The van der Waals surface area contributed by atoms with Gasteiger partial charge in [-0.25, -0.2) is 0 Å². The Bertz CT molecular complexity index is 947. The molecule has 1 aliphatic heterocycles. The number of hydrogen-bond donors (Lipinski definition) is 2. The predicted octanol–water partition coefficient (Wildman–Crippen LogP) is 7.39. The highest BCUT2D eigenvalue weighted by Gasteiger charge is 2.29. The van der Waals surface area contributed by atoms with Crippen molar-refractivity contribution < 1.29 is 13.0 Å². The van der Waals surface area contributed by atoms with Gasteiger partial charge in [-0.05, 0) is 36.6 Å². The van der Waals surface area contributed by atoms with Gasteiger partial charge >= 0.3 is 0 Å². The number of benzene rings is 2. The van der Waals surface area contributed by atoms with E-state index in [1.165, 1.54) is 75.8 Å². The number of fused-ring (bicyclic) bond motifs is 1. The quantitative estimate of drug-likeness (QED) is 0.209. The molecule has 2 aromatic rings. The third kappa shape index (κ3) is 8.04. The maximum atomic E-state index is 11.6. The van der Waals surface area contributed by atoms with Crippen molar-refractivity contribution in [3.05, 3.63) is 54.1 Å². The van der Waals surface area contributed by atoms with E-state index in [2.05, 4.69) is 29.3 Å². The lowest BCUT2D eigenvalue weighted by molar-refractivity contribution is 0.483. The first-order valence-corrected chi connectivity index (χ1v) is 14.1. The van der Waals surface area contributed by atoms with E-state index in [1.54, 1.807) is 12.1 Å². The Morgan fingerprint density at radius 1 is 0.848 bits per heavy atom. The summed E-state index contributed by atoms with van der Waals surface area (Å²) in [6, 6.07) is 15.2. The maximum absolute atomic E-state index is 11.6. The molecule has 1 unspecified atom stereocenters. The predicted molar refractivity (Wildman–Crippen MR) is 137 cm³/mol. The van der Waals surface area contributed by atoms with Crippen LogP contribution in [-0.4, -0.2) is 19.1 Å². The standard InChI is InChI=1S/C27H40N2O3S/c1-2-3-4-5-6-7-8-9-10-11-15-18-27-28-25-21-24(33(30,31)32)19-20-26(25)29(27)22-23-16-13-12-14-17-23/h12-14,16-17,19-21,27-28H,2-11,15,18,22H2,1H3,(H,30,31,32). The van der Waals surface area contributed by atoms with Crippen molar-refractivity contribution in [3.8, 4) is 0 Å². The van der Waals surface area contributed by atoms with Gasteiger partial charge in [0.25, 0.3) is 10.1 Å². The lowest BCUT2D eigenvalue weighted by Crippen LogP contribution is -2.35. The van der Waals surface area contributed by atoms with Crippen LogP contribution < -0.4 is 10.2 Å². The molecule has 0 amide bonds. The van der Waals surface area contributed by atoms with Crippen LogP contribution in [0.3, 0.4) is 0 Å². The fourth-order valence-corrected chi connectivity index (χ4v) is 5.18. The SMILES string of the molecule is CCCCCCCCCCCCCC1Nc2cc(S(=O)(=O)O)ccc2N1Cc1ccccc1. The first-order chi connectivity index (χ1) is 16.0. The molecule has 0 aromatic heterocycles. The number of nitrogens with zero attached hydrogens (tertiary/aromatic N) is 1. The minimum Gasteiger partial charge on any atom is -0.363 e. The number of unbranched alkanes of at least 4 members (excludes halogenated alkanes) is 10. The van der Waals surface area contributed by atoms with Gasteiger partial charge < -0.3 is 10.2 Å². The summed E-state index contributed by atoms with van der Waals surface area (Å²) in [5, 5.41) is 3.50. The molecule has 182 valence electrons. The van der Waals surface area contributed by atoms with Crippen LogP contribution in [-0.2, 0) is 16.7 Å². The van der Waals surface area contributed by atoms with E-state index in [0.717, 1.165) is 30.8 Å². The molecule has 5 nitrogen and oxygen atoms in total. The lowest BCUT2D eigenvalue weighted by atomic mass is 10.0. The molecular weight excluding hydrogens is 432 g/mol. The van der Waals surface area contributed by atoms with Crippen LogP contribution in [0.5, 0.6) is 0 Å². The highest BCUT2D eigenvalue weighted by molar-refractivity contribution is 7.85. The number of hydrogen-bond acceptors (Lipinski definition) is 4. The van der Waals surface area contributed by atoms with Crippen LogP contribution in [0.4, 0.5) is 11.4 Å². The molecular formula is C27H40N2O3S. The van der Waals surface area contributed by atoms with E-state index in [0.29, 0.717) is 0 Å². The molecule has 1 heterocycles. The summed E-state index contributed by atoms with van der Waals surface area (Å²) in [5.41, 5.74) is 2.98. The molecule has 0 spiro atoms. The van der Waals surface area contributed by atoms with Gasteiger partial charge in [0.1, 0.15) is 0 Å². The van der Waals surface area contributed by atoms with Crippen molar-refractivity contribution in [2.24, 2.45) is 0 Å². The van der Waals surface area contributed by atoms with Crippen molar-refractivity contribution in [1.82, 2.24) is 0 Å². The van der Waals surface area contributed by atoms with Crippen LogP contribution in [0.25, 0.3) is 0 Å². The Morgan fingerprint density at radius 3 is 2.06 bits per heavy atom. The minimum absolute atomic E-state index is 0.0660. The molecule has 0 saturated heterocycles. The van der Waals surface area contributed by atoms with E-state index >= 15 is 0 Å². The second-order valence-corrected chi connectivity index (χ2v) is 10.7. The zero-order valence-electron chi connectivity index (χ0n) is 20.0. The summed E-state index contributed by atoms with van der Waals surface area (Å²) in [6.45, 7) is 3.02. The fourth-order valence-electron chi connectivity index (χ4n) is 4.67. The molecule has 2 N–H and O–H groups in total. The number of nitrogens with one attached hydrogen (secondary N) is 1. The first kappa shape index (κ1) is 25.6. The van der Waals surface area contributed by atoms with Crippen LogP contribution in [0.2, 0.25) is 0 Å². The van der Waals surface area contributed by atoms with E-state index in [1.807, 2.05) is 18.2 Å². The number of rotatable bonds is 15. The molecule has 0 aliphatic carbocycles. The molecule has 0 saturated carbocycles. The second kappa shape index (κ2) is 13.0. The van der Waals surface area contributed by atoms with Crippen LogP contribution in [0.15, 0.2) is 53.4 Å². The first-order valence-electron chi connectivity index (χ1n) is 12.7. The van der Waals surface area contributed by atoms with Crippen LogP contribution >= 0.6 is 0 Å². The summed E-state index contributed by atoms with van der Waals surface area (Å²) >= 11 is 0. The van der Waals surface area contributed by atoms with E-state index in [9.17, 15) is 13.0 Å². The largest absolute Gasteiger partial charge is 0.363 e. The summed E-state index contributed by atoms with van der Waals surface area (Å²) in [4.78, 5) is 2.25. The summed E-state index contributed by atoms with van der Waals surface area (Å²) in [7, 11) is -4.22. The zero-order valence-corrected chi connectivity index (χ0v) is 20.8. The average molecular weight is 473 g/mol. The maximum Gasteiger partial charge on any atom is 0.294 e. The van der Waals surface area contributed by atoms with E-state index in [4.69, 9.17) is 0 Å². The van der Waals surface area contributed by atoms with E-state index in [-0.39, 0.29) is 11.1 Å². The summed E-state index contributed by atoms with van der Waals surface area (Å²) in [6.07, 6.45) is 15.6. The van der Waals surface area contributed by atoms with E-state index < -0.39 is 10.1 Å². The molecule has 0 fully saturated rings. The van der Waals surface area contributed by atoms with Gasteiger partial charge in [-0.15, -0.1) is 0 Å². The summed E-state index contributed by atoms with van der Waals surface area (Å²) in [5.74, 6) is 0. The molecule has 3 rings (SSSR count). The topological polar surface area (TPSA) is 69.6 Å². The van der Waals surface area contributed by atoms with Gasteiger partial charge in [-0.2, -0.15) is 8.42 Å². The fraction of sp³-hybridized carbons (Fsp3) is 0.556. The minimum atomic E-state index is -4.22. The van der Waals surface area contributed by atoms with Gasteiger partial charge in [-0.3, -0.25) is 4.55 Å². The Balaban J connectivity index is 1.49. The van der Waals surface area contributed by atoms with Crippen molar-refractivity contribution in [2.75, 3.05) is 10.2 Å². The van der Waals surface area contributed by atoms with Crippen LogP contribution in [0.1, 0.15) is 89.5 Å². The lowest BCUT2D eigenvalue weighted by Gasteiger charge is -2.27. The van der Waals surface area contributed by atoms with Gasteiger partial charge in [-0.1, -0.05) is 101 Å². The third-order valence-electron chi connectivity index (χ3n) is 6.55. The van der Waals surface area contributed by atoms with Crippen molar-refractivity contribution in [3.63, 3.8) is 0 Å². The number of anilines is 2. The van der Waals surface area contributed by atoms with Gasteiger partial charge in [0, 0.05) is 6.54 Å². The van der Waals surface area contributed by atoms with Gasteiger partial charge in [0.2, 0.25) is 0 Å².